The molecule has 0 aliphatic heterocycles. The van der Waals surface area contributed by atoms with Gasteiger partial charge < -0.3 is 8.94 Å². The van der Waals surface area contributed by atoms with Crippen LogP contribution in [0.2, 0.25) is 0 Å². The fraction of sp³-hybridized carbons (Fsp3) is 0.125. The highest BCUT2D eigenvalue weighted by molar-refractivity contribution is 9.08. The summed E-state index contributed by atoms with van der Waals surface area (Å²) < 4.78 is 10.2. The Labute approximate surface area is 77.5 Å². The molecule has 0 aliphatic rings. The lowest BCUT2D eigenvalue weighted by molar-refractivity contribution is 0.413. The predicted molar refractivity (Wildman–Crippen MR) is 46.8 cm³/mol. The molecular weight excluding hydrogens is 222 g/mol. The van der Waals surface area contributed by atoms with Crippen LogP contribution >= 0.6 is 15.9 Å². The Morgan fingerprint density at radius 2 is 2.33 bits per heavy atom. The third-order valence-electron chi connectivity index (χ3n) is 1.46. The van der Waals surface area contributed by atoms with Crippen LogP contribution in [0.4, 0.5) is 0 Å². The first-order valence-corrected chi connectivity index (χ1v) is 4.58. The molecule has 62 valence electrons. The molecule has 0 aromatic carbocycles. The van der Waals surface area contributed by atoms with Gasteiger partial charge in [0.05, 0.1) is 12.0 Å². The van der Waals surface area contributed by atoms with Crippen LogP contribution in [0.5, 0.6) is 0 Å². The highest BCUT2D eigenvalue weighted by atomic mass is 79.9. The van der Waals surface area contributed by atoms with E-state index in [2.05, 4.69) is 21.1 Å². The molecule has 2 heterocycles. The fourth-order valence-electron chi connectivity index (χ4n) is 0.910. The third-order valence-corrected chi connectivity index (χ3v) is 2.03. The van der Waals surface area contributed by atoms with E-state index in [1.165, 1.54) is 0 Å². The Bertz CT molecular complexity index is 353. The second-order valence-corrected chi connectivity index (χ2v) is 2.85. The fourth-order valence-corrected chi connectivity index (χ4v) is 1.17. The summed E-state index contributed by atoms with van der Waals surface area (Å²) in [6, 6.07) is 5.48. The van der Waals surface area contributed by atoms with Crippen LogP contribution < -0.4 is 0 Å². The molecule has 0 N–H and O–H groups in total. The molecule has 2 aromatic heterocycles. The summed E-state index contributed by atoms with van der Waals surface area (Å²) in [6.45, 7) is 0. The molecule has 0 aliphatic carbocycles. The second-order valence-electron chi connectivity index (χ2n) is 2.29. The number of alkyl halides is 1. The lowest BCUT2D eigenvalue weighted by Gasteiger charge is -1.83. The molecule has 0 bridgehead atoms. The van der Waals surface area contributed by atoms with E-state index in [1.807, 2.05) is 18.2 Å². The molecule has 0 saturated carbocycles. The van der Waals surface area contributed by atoms with Crippen LogP contribution in [-0.4, -0.2) is 5.16 Å². The van der Waals surface area contributed by atoms with Crippen molar-refractivity contribution in [1.82, 2.24) is 5.16 Å². The van der Waals surface area contributed by atoms with Crippen LogP contribution in [0, 0.1) is 0 Å². The Morgan fingerprint density at radius 1 is 1.42 bits per heavy atom. The Kier molecular flexibility index (Phi) is 1.99. The summed E-state index contributed by atoms with van der Waals surface area (Å²) in [5, 5.41) is 4.50. The van der Waals surface area contributed by atoms with Gasteiger partial charge >= 0.3 is 0 Å². The number of hydrogen-bond acceptors (Lipinski definition) is 3. The molecule has 0 spiro atoms. The first kappa shape index (κ1) is 7.61. The van der Waals surface area contributed by atoms with Gasteiger partial charge in [0, 0.05) is 11.4 Å². The molecule has 0 saturated heterocycles. The second kappa shape index (κ2) is 3.15. The zero-order valence-electron chi connectivity index (χ0n) is 6.16. The molecule has 2 aromatic rings. The van der Waals surface area contributed by atoms with Crippen molar-refractivity contribution in [1.29, 1.82) is 0 Å². The molecule has 12 heavy (non-hydrogen) atoms. The van der Waals surface area contributed by atoms with Gasteiger partial charge in [0.2, 0.25) is 5.76 Å². The van der Waals surface area contributed by atoms with Crippen LogP contribution in [0.1, 0.15) is 5.69 Å². The van der Waals surface area contributed by atoms with E-state index in [4.69, 9.17) is 8.94 Å². The molecule has 0 atom stereocenters. The average Bonchev–Trinajstić information content (AvgIpc) is 2.75. The summed E-state index contributed by atoms with van der Waals surface area (Å²) >= 11 is 3.28. The van der Waals surface area contributed by atoms with Gasteiger partial charge in [-0.3, -0.25) is 0 Å². The number of hydrogen-bond donors (Lipinski definition) is 0. The molecule has 4 heteroatoms. The van der Waals surface area contributed by atoms with Gasteiger partial charge in [0.1, 0.15) is 0 Å². The molecule has 3 nitrogen and oxygen atoms in total. The average molecular weight is 228 g/mol. The van der Waals surface area contributed by atoms with E-state index in [-0.39, 0.29) is 0 Å². The zero-order chi connectivity index (χ0) is 8.39. The van der Waals surface area contributed by atoms with E-state index in [1.54, 1.807) is 6.26 Å². The maximum Gasteiger partial charge on any atom is 0.202 e. The van der Waals surface area contributed by atoms with Gasteiger partial charge in [-0.05, 0) is 12.1 Å². The first-order chi connectivity index (χ1) is 5.90. The van der Waals surface area contributed by atoms with Crippen molar-refractivity contribution < 1.29 is 8.94 Å². The van der Waals surface area contributed by atoms with Gasteiger partial charge in [-0.1, -0.05) is 21.1 Å². The molecule has 0 amide bonds. The van der Waals surface area contributed by atoms with E-state index < -0.39 is 0 Å². The van der Waals surface area contributed by atoms with Gasteiger partial charge in [0.15, 0.2) is 5.76 Å². The number of nitrogens with zero attached hydrogens (tertiary/aromatic N) is 1. The summed E-state index contributed by atoms with van der Waals surface area (Å²) in [7, 11) is 0. The highest BCUT2D eigenvalue weighted by Gasteiger charge is 2.07. The standard InChI is InChI=1S/C8H6BrNO2/c9-5-6-4-8(12-10-6)7-2-1-3-11-7/h1-4H,5H2. The molecular formula is C8H6BrNO2. The summed E-state index contributed by atoms with van der Waals surface area (Å²) in [6.07, 6.45) is 1.60. The number of halogens is 1. The van der Waals surface area contributed by atoms with Crippen molar-refractivity contribution >= 4 is 15.9 Å². The summed E-state index contributed by atoms with van der Waals surface area (Å²) in [5.74, 6) is 1.36. The minimum absolute atomic E-state index is 0.662. The van der Waals surface area contributed by atoms with Crippen molar-refractivity contribution in [2.75, 3.05) is 0 Å². The van der Waals surface area contributed by atoms with E-state index in [0.29, 0.717) is 16.9 Å². The molecule has 0 unspecified atom stereocenters. The Balaban J connectivity index is 2.35. The smallest absolute Gasteiger partial charge is 0.202 e. The van der Waals surface area contributed by atoms with Crippen LogP contribution in [0.25, 0.3) is 11.5 Å². The highest BCUT2D eigenvalue weighted by Crippen LogP contribution is 2.21. The quantitative estimate of drug-likeness (QED) is 0.741. The minimum atomic E-state index is 0.662. The maximum absolute atomic E-state index is 5.13. The maximum atomic E-state index is 5.13. The van der Waals surface area contributed by atoms with E-state index in [9.17, 15) is 0 Å². The van der Waals surface area contributed by atoms with Crippen LogP contribution in [0.3, 0.4) is 0 Å². The van der Waals surface area contributed by atoms with Gasteiger partial charge in [-0.15, -0.1) is 0 Å². The molecule has 0 radical (unpaired) electrons. The minimum Gasteiger partial charge on any atom is -0.461 e. The normalized spacial score (nSPS) is 10.4. The lowest BCUT2D eigenvalue weighted by Crippen LogP contribution is -1.70. The van der Waals surface area contributed by atoms with E-state index >= 15 is 0 Å². The molecule has 2 rings (SSSR count). The number of furan rings is 1. The van der Waals surface area contributed by atoms with Crippen molar-refractivity contribution in [2.24, 2.45) is 0 Å². The Morgan fingerprint density at radius 3 is 2.92 bits per heavy atom. The number of rotatable bonds is 2. The van der Waals surface area contributed by atoms with Gasteiger partial charge in [-0.25, -0.2) is 0 Å². The van der Waals surface area contributed by atoms with Crippen molar-refractivity contribution in [3.63, 3.8) is 0 Å². The monoisotopic (exact) mass is 227 g/mol. The lowest BCUT2D eigenvalue weighted by atomic mass is 10.3. The summed E-state index contributed by atoms with van der Waals surface area (Å²) in [5.41, 5.74) is 0.862. The molecule has 0 fully saturated rings. The van der Waals surface area contributed by atoms with Crippen molar-refractivity contribution in [2.45, 2.75) is 5.33 Å². The van der Waals surface area contributed by atoms with Crippen LogP contribution in [0.15, 0.2) is 33.4 Å². The van der Waals surface area contributed by atoms with Crippen molar-refractivity contribution in [3.05, 3.63) is 30.2 Å². The third kappa shape index (κ3) is 1.30. The Hall–Kier alpha value is -1.03. The summed E-state index contributed by atoms with van der Waals surface area (Å²) in [4.78, 5) is 0. The SMILES string of the molecule is BrCc1cc(-c2ccco2)on1. The van der Waals surface area contributed by atoms with Crippen LogP contribution in [-0.2, 0) is 5.33 Å². The first-order valence-electron chi connectivity index (χ1n) is 3.45. The number of aromatic nitrogens is 1. The zero-order valence-corrected chi connectivity index (χ0v) is 7.74. The predicted octanol–water partition coefficient (Wildman–Crippen LogP) is 2.83. The largest absolute Gasteiger partial charge is 0.461 e. The van der Waals surface area contributed by atoms with Crippen molar-refractivity contribution in [3.8, 4) is 11.5 Å². The van der Waals surface area contributed by atoms with Gasteiger partial charge in [-0.2, -0.15) is 0 Å². The van der Waals surface area contributed by atoms with Gasteiger partial charge in [0.25, 0.3) is 0 Å². The van der Waals surface area contributed by atoms with E-state index in [0.717, 1.165) is 5.69 Å². The topological polar surface area (TPSA) is 39.2 Å².